The number of carbonyl (C=O) groups is 2. The van der Waals surface area contributed by atoms with Crippen LogP contribution in [0.4, 0.5) is 8.78 Å². The lowest BCUT2D eigenvalue weighted by atomic mass is 10.00. The van der Waals surface area contributed by atoms with Gasteiger partial charge in [-0.15, -0.1) is 0 Å². The van der Waals surface area contributed by atoms with Gasteiger partial charge in [-0.25, -0.2) is 8.78 Å². The maximum absolute atomic E-state index is 14.0. The Morgan fingerprint density at radius 1 is 1.48 bits per heavy atom. The van der Waals surface area contributed by atoms with E-state index in [-0.39, 0.29) is 24.8 Å². The molecule has 0 spiro atoms. The minimum atomic E-state index is -3.09. The summed E-state index contributed by atoms with van der Waals surface area (Å²) in [6.45, 7) is 6.53. The first-order chi connectivity index (χ1) is 11.7. The summed E-state index contributed by atoms with van der Waals surface area (Å²) in [7, 11) is 0. The zero-order chi connectivity index (χ0) is 18.6. The maximum Gasteiger partial charge on any atom is 0.271 e. The maximum atomic E-state index is 14.0. The van der Waals surface area contributed by atoms with Gasteiger partial charge in [0.1, 0.15) is 11.8 Å². The largest absolute Gasteiger partial charge is 0.489 e. The Morgan fingerprint density at radius 2 is 2.20 bits per heavy atom. The van der Waals surface area contributed by atoms with Crippen molar-refractivity contribution in [1.29, 1.82) is 0 Å². The van der Waals surface area contributed by atoms with E-state index in [0.29, 0.717) is 5.75 Å². The topological polar surface area (TPSA) is 71.5 Å². The van der Waals surface area contributed by atoms with E-state index < -0.39 is 30.2 Å². The predicted octanol–water partition coefficient (Wildman–Crippen LogP) is 2.02. The molecule has 2 amide bonds. The molecule has 136 valence electrons. The molecule has 1 aromatic rings. The van der Waals surface area contributed by atoms with Crippen molar-refractivity contribution < 1.29 is 23.1 Å². The molecule has 1 saturated heterocycles. The van der Waals surface area contributed by atoms with E-state index in [9.17, 15) is 18.4 Å². The lowest BCUT2D eigenvalue weighted by Crippen LogP contribution is -2.59. The van der Waals surface area contributed by atoms with E-state index in [4.69, 9.17) is 4.74 Å². The van der Waals surface area contributed by atoms with Gasteiger partial charge >= 0.3 is 0 Å². The van der Waals surface area contributed by atoms with Crippen molar-refractivity contribution in [3.63, 3.8) is 0 Å². The second-order valence-corrected chi connectivity index (χ2v) is 6.10. The van der Waals surface area contributed by atoms with Crippen molar-refractivity contribution in [3.05, 3.63) is 36.7 Å². The van der Waals surface area contributed by atoms with Crippen LogP contribution in [0.5, 0.6) is 5.75 Å². The number of alkyl halides is 2. The molecule has 0 radical (unpaired) electrons. The fourth-order valence-corrected chi connectivity index (χ4v) is 2.52. The molecule has 1 fully saturated rings. The number of pyridine rings is 1. The lowest BCUT2D eigenvalue weighted by Gasteiger charge is -2.38. The van der Waals surface area contributed by atoms with Gasteiger partial charge in [0, 0.05) is 25.7 Å². The summed E-state index contributed by atoms with van der Waals surface area (Å²) in [5.41, 5.74) is 0.247. The SMILES string of the molecule is C=CC(=O)NC1CN(C(=O)c2cncc(OC(C)C)c2)CCC1(F)F. The number of hydrogen-bond donors (Lipinski definition) is 1. The molecule has 6 nitrogen and oxygen atoms in total. The molecular weight excluding hydrogens is 332 g/mol. The fraction of sp³-hybridized carbons (Fsp3) is 0.471. The summed E-state index contributed by atoms with van der Waals surface area (Å²) in [6.07, 6.45) is 3.15. The number of ether oxygens (including phenoxy) is 1. The third kappa shape index (κ3) is 4.74. The Morgan fingerprint density at radius 3 is 2.84 bits per heavy atom. The van der Waals surface area contributed by atoms with Crippen molar-refractivity contribution in [2.24, 2.45) is 0 Å². The number of piperidine rings is 1. The summed E-state index contributed by atoms with van der Waals surface area (Å²) in [4.78, 5) is 29.2. The van der Waals surface area contributed by atoms with E-state index >= 15 is 0 Å². The summed E-state index contributed by atoms with van der Waals surface area (Å²) in [5, 5.41) is 2.19. The van der Waals surface area contributed by atoms with Gasteiger partial charge in [0.25, 0.3) is 11.8 Å². The Kier molecular flexibility index (Phi) is 5.71. The van der Waals surface area contributed by atoms with Gasteiger partial charge in [0.05, 0.1) is 17.9 Å². The Hall–Kier alpha value is -2.51. The minimum absolute atomic E-state index is 0.0840. The first-order valence-corrected chi connectivity index (χ1v) is 7.94. The quantitative estimate of drug-likeness (QED) is 0.822. The highest BCUT2D eigenvalue weighted by Crippen LogP contribution is 2.29. The average molecular weight is 353 g/mol. The van der Waals surface area contributed by atoms with Crippen molar-refractivity contribution in [2.45, 2.75) is 38.3 Å². The standard InChI is InChI=1S/C17H21F2N3O3/c1-4-15(23)21-14-10-22(6-5-17(14,18)19)16(24)12-7-13(9-20-8-12)25-11(2)3/h4,7-9,11,14H,1,5-6,10H2,2-3H3,(H,21,23). The first-order valence-electron chi connectivity index (χ1n) is 7.94. The Bertz CT molecular complexity index is 664. The van der Waals surface area contributed by atoms with Gasteiger partial charge in [-0.2, -0.15) is 0 Å². The monoisotopic (exact) mass is 353 g/mol. The number of amides is 2. The molecule has 0 aliphatic carbocycles. The van der Waals surface area contributed by atoms with E-state index in [1.54, 1.807) is 0 Å². The molecule has 1 aliphatic heterocycles. The number of aromatic nitrogens is 1. The third-order valence-electron chi connectivity index (χ3n) is 3.75. The van der Waals surface area contributed by atoms with E-state index in [1.165, 1.54) is 23.4 Å². The first kappa shape index (κ1) is 18.8. The molecule has 8 heteroatoms. The summed E-state index contributed by atoms with van der Waals surface area (Å²) < 4.78 is 33.5. The normalized spacial score (nSPS) is 19.4. The predicted molar refractivity (Wildman–Crippen MR) is 87.6 cm³/mol. The molecule has 1 atom stereocenters. The molecule has 1 aliphatic rings. The fourth-order valence-electron chi connectivity index (χ4n) is 2.52. The smallest absolute Gasteiger partial charge is 0.271 e. The van der Waals surface area contributed by atoms with Crippen LogP contribution < -0.4 is 10.1 Å². The highest BCUT2D eigenvalue weighted by Gasteiger charge is 2.45. The van der Waals surface area contributed by atoms with Gasteiger partial charge in [0.2, 0.25) is 5.91 Å². The number of carbonyl (C=O) groups excluding carboxylic acids is 2. The van der Waals surface area contributed by atoms with Crippen LogP contribution in [0.3, 0.4) is 0 Å². The molecular formula is C17H21F2N3O3. The van der Waals surface area contributed by atoms with Crippen LogP contribution in [0, 0.1) is 0 Å². The van der Waals surface area contributed by atoms with E-state index in [2.05, 4.69) is 16.9 Å². The van der Waals surface area contributed by atoms with Gasteiger partial charge in [-0.1, -0.05) is 6.58 Å². The molecule has 0 bridgehead atoms. The molecule has 1 aromatic heterocycles. The van der Waals surface area contributed by atoms with Gasteiger partial charge < -0.3 is 15.0 Å². The second kappa shape index (κ2) is 7.58. The number of likely N-dealkylation sites (tertiary alicyclic amines) is 1. The Balaban J connectivity index is 2.14. The van der Waals surface area contributed by atoms with Crippen molar-refractivity contribution >= 4 is 11.8 Å². The average Bonchev–Trinajstić information content (AvgIpc) is 2.55. The van der Waals surface area contributed by atoms with Crippen LogP contribution in [-0.2, 0) is 4.79 Å². The Labute approximate surface area is 144 Å². The number of rotatable bonds is 5. The molecule has 0 aromatic carbocycles. The van der Waals surface area contributed by atoms with Crippen molar-refractivity contribution in [3.8, 4) is 5.75 Å². The van der Waals surface area contributed by atoms with Crippen LogP contribution in [0.1, 0.15) is 30.6 Å². The molecule has 1 N–H and O–H groups in total. The zero-order valence-electron chi connectivity index (χ0n) is 14.2. The van der Waals surface area contributed by atoms with E-state index in [0.717, 1.165) is 6.08 Å². The summed E-state index contributed by atoms with van der Waals surface area (Å²) in [6, 6.07) is 0.0677. The number of nitrogens with zero attached hydrogens (tertiary/aromatic N) is 2. The van der Waals surface area contributed by atoms with Gasteiger partial charge in [-0.3, -0.25) is 14.6 Å². The third-order valence-corrected chi connectivity index (χ3v) is 3.75. The highest BCUT2D eigenvalue weighted by atomic mass is 19.3. The molecule has 1 unspecified atom stereocenters. The van der Waals surface area contributed by atoms with Gasteiger partial charge in [-0.05, 0) is 26.0 Å². The van der Waals surface area contributed by atoms with Crippen LogP contribution in [-0.4, -0.2) is 52.9 Å². The van der Waals surface area contributed by atoms with Crippen LogP contribution in [0.25, 0.3) is 0 Å². The zero-order valence-corrected chi connectivity index (χ0v) is 14.2. The second-order valence-electron chi connectivity index (χ2n) is 6.10. The molecule has 2 heterocycles. The van der Waals surface area contributed by atoms with Crippen LogP contribution >= 0.6 is 0 Å². The van der Waals surface area contributed by atoms with Crippen molar-refractivity contribution in [1.82, 2.24) is 15.2 Å². The van der Waals surface area contributed by atoms with Gasteiger partial charge in [0.15, 0.2) is 0 Å². The molecule has 0 saturated carbocycles. The number of nitrogens with one attached hydrogen (secondary N) is 1. The molecule has 2 rings (SSSR count). The molecule has 25 heavy (non-hydrogen) atoms. The van der Waals surface area contributed by atoms with E-state index in [1.807, 2.05) is 13.8 Å². The van der Waals surface area contributed by atoms with Crippen molar-refractivity contribution in [2.75, 3.05) is 13.1 Å². The summed E-state index contributed by atoms with van der Waals surface area (Å²) >= 11 is 0. The van der Waals surface area contributed by atoms with Crippen LogP contribution in [0.15, 0.2) is 31.1 Å². The minimum Gasteiger partial charge on any atom is -0.489 e. The highest BCUT2D eigenvalue weighted by molar-refractivity contribution is 5.94. The number of hydrogen-bond acceptors (Lipinski definition) is 4. The van der Waals surface area contributed by atoms with Crippen LogP contribution in [0.2, 0.25) is 0 Å². The summed E-state index contributed by atoms with van der Waals surface area (Å²) in [5.74, 6) is -3.79. The lowest BCUT2D eigenvalue weighted by molar-refractivity contribution is -0.124. The number of halogens is 2.